The second kappa shape index (κ2) is 8.10. The minimum absolute atomic E-state index is 0.154. The van der Waals surface area contributed by atoms with Crippen molar-refractivity contribution in [2.75, 3.05) is 5.43 Å². The molecule has 5 nitrogen and oxygen atoms in total. The smallest absolute Gasteiger partial charge is 0.267 e. The van der Waals surface area contributed by atoms with E-state index in [2.05, 4.69) is 15.5 Å². The summed E-state index contributed by atoms with van der Waals surface area (Å²) in [6, 6.07) is 23.2. The van der Waals surface area contributed by atoms with Gasteiger partial charge in [0.05, 0.1) is 17.5 Å². The summed E-state index contributed by atoms with van der Waals surface area (Å²) in [6.07, 6.45) is 3.26. The number of hydrogen-bond donors (Lipinski definition) is 1. The second-order valence-electron chi connectivity index (χ2n) is 6.22. The molecule has 6 heteroatoms. The van der Waals surface area contributed by atoms with Gasteiger partial charge in [-0.25, -0.2) is 4.98 Å². The highest BCUT2D eigenvalue weighted by Crippen LogP contribution is 2.27. The van der Waals surface area contributed by atoms with Gasteiger partial charge in [-0.2, -0.15) is 5.10 Å². The van der Waals surface area contributed by atoms with Gasteiger partial charge in [-0.15, -0.1) is 0 Å². The molecule has 2 aromatic heterocycles. The van der Waals surface area contributed by atoms with Crippen molar-refractivity contribution in [3.05, 3.63) is 100 Å². The third kappa shape index (κ3) is 3.97. The third-order valence-electron chi connectivity index (χ3n) is 4.13. The van der Waals surface area contributed by atoms with E-state index in [0.29, 0.717) is 16.2 Å². The van der Waals surface area contributed by atoms with Gasteiger partial charge in [-0.3, -0.25) is 14.6 Å². The lowest BCUT2D eigenvalue weighted by Crippen LogP contribution is -2.21. The van der Waals surface area contributed by atoms with Crippen LogP contribution in [0.25, 0.3) is 5.65 Å². The zero-order chi connectivity index (χ0) is 19.3. The van der Waals surface area contributed by atoms with Gasteiger partial charge >= 0.3 is 0 Å². The quantitative estimate of drug-likeness (QED) is 0.309. The van der Waals surface area contributed by atoms with Crippen molar-refractivity contribution in [2.24, 2.45) is 5.10 Å². The first-order chi connectivity index (χ1) is 13.7. The van der Waals surface area contributed by atoms with E-state index in [0.717, 1.165) is 10.6 Å². The number of rotatable bonds is 5. The van der Waals surface area contributed by atoms with Gasteiger partial charge in [-0.05, 0) is 43.3 Å². The van der Waals surface area contributed by atoms with E-state index in [1.165, 1.54) is 27.9 Å². The van der Waals surface area contributed by atoms with Crippen molar-refractivity contribution in [1.82, 2.24) is 9.38 Å². The maximum absolute atomic E-state index is 13.0. The van der Waals surface area contributed by atoms with E-state index >= 15 is 0 Å². The number of para-hydroxylation sites is 1. The van der Waals surface area contributed by atoms with Crippen LogP contribution in [0.5, 0.6) is 0 Å². The Morgan fingerprint density at radius 2 is 1.75 bits per heavy atom. The highest BCUT2D eigenvalue weighted by Gasteiger charge is 2.12. The molecule has 0 atom stereocenters. The number of hydrogen-bond acceptors (Lipinski definition) is 5. The maximum atomic E-state index is 13.0. The van der Waals surface area contributed by atoms with Crippen molar-refractivity contribution in [1.29, 1.82) is 0 Å². The topological polar surface area (TPSA) is 58.8 Å². The van der Waals surface area contributed by atoms with Crippen LogP contribution in [-0.2, 0) is 0 Å². The molecule has 0 amide bonds. The Kier molecular flexibility index (Phi) is 5.21. The zero-order valence-electron chi connectivity index (χ0n) is 15.2. The molecule has 28 heavy (non-hydrogen) atoms. The first kappa shape index (κ1) is 18.0. The van der Waals surface area contributed by atoms with Crippen LogP contribution in [-0.4, -0.2) is 15.6 Å². The van der Waals surface area contributed by atoms with Gasteiger partial charge < -0.3 is 0 Å². The van der Waals surface area contributed by atoms with Crippen LogP contribution in [0.2, 0.25) is 0 Å². The number of nitrogens with one attached hydrogen (secondary N) is 1. The fraction of sp³-hybridized carbons (Fsp3) is 0.0455. The van der Waals surface area contributed by atoms with Crippen LogP contribution >= 0.6 is 11.8 Å². The summed E-state index contributed by atoms with van der Waals surface area (Å²) in [6.45, 7) is 2.04. The number of hydrazone groups is 1. The average molecular weight is 386 g/mol. The molecule has 2 heterocycles. The Hall–Kier alpha value is -3.38. The predicted octanol–water partition coefficient (Wildman–Crippen LogP) is 4.60. The Bertz CT molecular complexity index is 1180. The first-order valence-corrected chi connectivity index (χ1v) is 9.62. The van der Waals surface area contributed by atoms with Crippen LogP contribution in [0.3, 0.4) is 0 Å². The largest absolute Gasteiger partial charge is 0.279 e. The lowest BCUT2D eigenvalue weighted by molar-refractivity contribution is 0.977. The summed E-state index contributed by atoms with van der Waals surface area (Å²) >= 11 is 1.45. The van der Waals surface area contributed by atoms with Crippen LogP contribution in [0.15, 0.2) is 98.8 Å². The molecule has 0 aliphatic heterocycles. The summed E-state index contributed by atoms with van der Waals surface area (Å²) in [5, 5.41) is 4.88. The van der Waals surface area contributed by atoms with Crippen molar-refractivity contribution >= 4 is 29.3 Å². The molecule has 0 fully saturated rings. The van der Waals surface area contributed by atoms with Gasteiger partial charge in [0.25, 0.3) is 5.56 Å². The summed E-state index contributed by atoms with van der Waals surface area (Å²) in [5.41, 5.74) is 5.88. The number of aromatic nitrogens is 2. The molecule has 0 bridgehead atoms. The molecule has 0 radical (unpaired) electrons. The van der Waals surface area contributed by atoms with Gasteiger partial charge in [0, 0.05) is 11.1 Å². The van der Waals surface area contributed by atoms with E-state index in [1.807, 2.05) is 79.7 Å². The Morgan fingerprint density at radius 3 is 2.54 bits per heavy atom. The summed E-state index contributed by atoms with van der Waals surface area (Å²) in [5.74, 6) is 0. The summed E-state index contributed by atoms with van der Waals surface area (Å²) in [7, 11) is 0. The summed E-state index contributed by atoms with van der Waals surface area (Å²) in [4.78, 5) is 18.7. The van der Waals surface area contributed by atoms with E-state index in [9.17, 15) is 4.79 Å². The van der Waals surface area contributed by atoms with E-state index in [1.54, 1.807) is 6.20 Å². The highest BCUT2D eigenvalue weighted by molar-refractivity contribution is 7.99. The molecule has 0 saturated heterocycles. The van der Waals surface area contributed by atoms with Crippen LogP contribution in [0, 0.1) is 6.92 Å². The van der Waals surface area contributed by atoms with Crippen LogP contribution in [0.1, 0.15) is 11.1 Å². The number of aryl methyl sites for hydroxylation is 1. The SMILES string of the molecule is Cc1ccc(Sc2nc3ccccn3c(=O)c2/C=N\Nc2ccccc2)cc1. The van der Waals surface area contributed by atoms with Crippen molar-refractivity contribution < 1.29 is 0 Å². The lowest BCUT2D eigenvalue weighted by Gasteiger charge is -2.08. The molecule has 0 aliphatic rings. The number of nitrogens with zero attached hydrogens (tertiary/aromatic N) is 3. The van der Waals surface area contributed by atoms with E-state index < -0.39 is 0 Å². The molecule has 4 aromatic rings. The molecule has 1 N–H and O–H groups in total. The minimum Gasteiger partial charge on any atom is -0.279 e. The first-order valence-electron chi connectivity index (χ1n) is 8.81. The molecule has 0 unspecified atom stereocenters. The molecule has 2 aromatic carbocycles. The van der Waals surface area contributed by atoms with Crippen LogP contribution in [0.4, 0.5) is 5.69 Å². The maximum Gasteiger partial charge on any atom is 0.267 e. The van der Waals surface area contributed by atoms with Gasteiger partial charge in [0.1, 0.15) is 10.7 Å². The fourth-order valence-corrected chi connectivity index (χ4v) is 3.56. The van der Waals surface area contributed by atoms with Crippen molar-refractivity contribution in [3.63, 3.8) is 0 Å². The van der Waals surface area contributed by atoms with Crippen molar-refractivity contribution in [3.8, 4) is 0 Å². The molecule has 4 rings (SSSR count). The molecular weight excluding hydrogens is 368 g/mol. The predicted molar refractivity (Wildman–Crippen MR) is 114 cm³/mol. The van der Waals surface area contributed by atoms with E-state index in [4.69, 9.17) is 0 Å². The number of pyridine rings is 1. The monoisotopic (exact) mass is 386 g/mol. The average Bonchev–Trinajstić information content (AvgIpc) is 2.73. The Labute approximate surface area is 166 Å². The fourth-order valence-electron chi connectivity index (χ4n) is 2.67. The normalized spacial score (nSPS) is 11.2. The molecule has 0 saturated carbocycles. The number of fused-ring (bicyclic) bond motifs is 1. The van der Waals surface area contributed by atoms with Gasteiger partial charge in [0.15, 0.2) is 0 Å². The Morgan fingerprint density at radius 1 is 1.00 bits per heavy atom. The van der Waals surface area contributed by atoms with Crippen LogP contribution < -0.4 is 11.0 Å². The van der Waals surface area contributed by atoms with Crippen molar-refractivity contribution in [2.45, 2.75) is 16.8 Å². The number of benzene rings is 2. The third-order valence-corrected chi connectivity index (χ3v) is 5.14. The minimum atomic E-state index is -0.154. The molecule has 0 spiro atoms. The molecule has 0 aliphatic carbocycles. The zero-order valence-corrected chi connectivity index (χ0v) is 16.1. The highest BCUT2D eigenvalue weighted by atomic mass is 32.2. The Balaban J connectivity index is 1.74. The number of anilines is 1. The van der Waals surface area contributed by atoms with E-state index in [-0.39, 0.29) is 5.56 Å². The lowest BCUT2D eigenvalue weighted by atomic mass is 10.2. The molecule has 138 valence electrons. The van der Waals surface area contributed by atoms with Gasteiger partial charge in [0.2, 0.25) is 0 Å². The standard InChI is InChI=1S/C22H18N4OS/c1-16-10-12-18(13-11-16)28-21-19(15-23-25-17-7-3-2-4-8-17)22(27)26-14-6-5-9-20(26)24-21/h2-15,25H,1H3/b23-15-. The second-order valence-corrected chi connectivity index (χ2v) is 7.28. The van der Waals surface area contributed by atoms with Gasteiger partial charge in [-0.1, -0.05) is 53.7 Å². The summed E-state index contributed by atoms with van der Waals surface area (Å²) < 4.78 is 1.53. The molecular formula is C22H18N4OS.